The maximum atomic E-state index is 11.5. The van der Waals surface area contributed by atoms with Crippen molar-refractivity contribution in [3.05, 3.63) is 24.3 Å². The van der Waals surface area contributed by atoms with Gasteiger partial charge in [0.25, 0.3) is 0 Å². The molecule has 0 aliphatic carbocycles. The highest BCUT2D eigenvalue weighted by atomic mass is 32.2. The molecule has 0 aliphatic heterocycles. The summed E-state index contributed by atoms with van der Waals surface area (Å²) in [6.07, 6.45) is 3.61. The van der Waals surface area contributed by atoms with Gasteiger partial charge < -0.3 is 10.4 Å². The number of carboxylic acids is 1. The maximum absolute atomic E-state index is 11.5. The molecule has 1 amide bonds. The molecule has 0 aromatic heterocycles. The Balaban J connectivity index is 2.28. The summed E-state index contributed by atoms with van der Waals surface area (Å²) in [4.78, 5) is 23.0. The molecule has 2 N–H and O–H groups in total. The Morgan fingerprint density at radius 3 is 2.33 bits per heavy atom. The number of hydrogen-bond acceptors (Lipinski definition) is 3. The number of thioether (sulfide) groups is 1. The summed E-state index contributed by atoms with van der Waals surface area (Å²) in [6, 6.07) is 7.62. The van der Waals surface area contributed by atoms with Crippen LogP contribution in [0.4, 0.5) is 5.69 Å². The first kappa shape index (κ1) is 14.6. The lowest BCUT2D eigenvalue weighted by Crippen LogP contribution is -2.11. The molecule has 0 atom stereocenters. The average Bonchev–Trinajstić information content (AvgIpc) is 2.35. The van der Waals surface area contributed by atoms with Gasteiger partial charge in [-0.25, -0.2) is 0 Å². The first-order valence-electron chi connectivity index (χ1n) is 5.77. The van der Waals surface area contributed by atoms with Crippen LogP contribution in [0, 0.1) is 0 Å². The first-order chi connectivity index (χ1) is 8.61. The third kappa shape index (κ3) is 5.72. The van der Waals surface area contributed by atoms with Crippen LogP contribution in [0.1, 0.15) is 25.7 Å². The molecular weight excluding hydrogens is 250 g/mol. The average molecular weight is 267 g/mol. The monoisotopic (exact) mass is 267 g/mol. The molecule has 18 heavy (non-hydrogen) atoms. The van der Waals surface area contributed by atoms with E-state index < -0.39 is 5.97 Å². The molecule has 5 heteroatoms. The maximum Gasteiger partial charge on any atom is 0.303 e. The van der Waals surface area contributed by atoms with Crippen molar-refractivity contribution in [3.8, 4) is 0 Å². The Hall–Kier alpha value is -1.49. The Bertz CT molecular complexity index is 403. The van der Waals surface area contributed by atoms with E-state index >= 15 is 0 Å². The number of carbonyl (C=O) groups excluding carboxylic acids is 1. The number of hydrogen-bond donors (Lipinski definition) is 2. The lowest BCUT2D eigenvalue weighted by Gasteiger charge is -2.05. The molecule has 0 bridgehead atoms. The number of rotatable bonds is 7. The molecule has 0 radical (unpaired) electrons. The molecule has 0 saturated heterocycles. The van der Waals surface area contributed by atoms with Crippen LogP contribution < -0.4 is 5.32 Å². The topological polar surface area (TPSA) is 66.4 Å². The highest BCUT2D eigenvalue weighted by Crippen LogP contribution is 2.17. The van der Waals surface area contributed by atoms with Crippen LogP contribution in [0.15, 0.2) is 29.2 Å². The highest BCUT2D eigenvalue weighted by molar-refractivity contribution is 7.98. The van der Waals surface area contributed by atoms with Gasteiger partial charge in [0.1, 0.15) is 0 Å². The molecule has 0 aliphatic rings. The second-order valence-corrected chi connectivity index (χ2v) is 4.76. The van der Waals surface area contributed by atoms with Crippen molar-refractivity contribution in [1.29, 1.82) is 0 Å². The van der Waals surface area contributed by atoms with E-state index in [2.05, 4.69) is 5.32 Å². The van der Waals surface area contributed by atoms with E-state index in [1.807, 2.05) is 30.5 Å². The van der Waals surface area contributed by atoms with Crippen LogP contribution in [-0.2, 0) is 9.59 Å². The van der Waals surface area contributed by atoms with Crippen molar-refractivity contribution in [1.82, 2.24) is 0 Å². The van der Waals surface area contributed by atoms with Crippen molar-refractivity contribution in [2.45, 2.75) is 30.6 Å². The minimum atomic E-state index is -0.817. The van der Waals surface area contributed by atoms with E-state index in [9.17, 15) is 9.59 Å². The number of nitrogens with one attached hydrogen (secondary N) is 1. The van der Waals surface area contributed by atoms with Crippen LogP contribution in [0.5, 0.6) is 0 Å². The summed E-state index contributed by atoms with van der Waals surface area (Å²) in [5.74, 6) is -0.889. The SMILES string of the molecule is CSc1ccc(NC(=O)CCCCC(=O)O)cc1. The zero-order valence-electron chi connectivity index (χ0n) is 10.3. The summed E-state index contributed by atoms with van der Waals surface area (Å²) in [6.45, 7) is 0. The number of benzene rings is 1. The normalized spacial score (nSPS) is 10.1. The summed E-state index contributed by atoms with van der Waals surface area (Å²) in [5, 5.41) is 11.2. The van der Waals surface area contributed by atoms with Gasteiger partial charge in [-0.15, -0.1) is 11.8 Å². The Morgan fingerprint density at radius 2 is 1.78 bits per heavy atom. The van der Waals surface area contributed by atoms with E-state index in [4.69, 9.17) is 5.11 Å². The van der Waals surface area contributed by atoms with Crippen molar-refractivity contribution in [2.75, 3.05) is 11.6 Å². The summed E-state index contributed by atoms with van der Waals surface area (Å²) in [5.41, 5.74) is 0.774. The largest absolute Gasteiger partial charge is 0.481 e. The standard InChI is InChI=1S/C13H17NO3S/c1-18-11-8-6-10(7-9-11)14-12(15)4-2-3-5-13(16)17/h6-9H,2-5H2,1H3,(H,14,15)(H,16,17). The van der Waals surface area contributed by atoms with E-state index in [0.717, 1.165) is 10.6 Å². The van der Waals surface area contributed by atoms with Crippen molar-refractivity contribution in [3.63, 3.8) is 0 Å². The second-order valence-electron chi connectivity index (χ2n) is 3.88. The summed E-state index contributed by atoms with van der Waals surface area (Å²) >= 11 is 1.65. The first-order valence-corrected chi connectivity index (χ1v) is 7.00. The van der Waals surface area contributed by atoms with E-state index in [-0.39, 0.29) is 12.3 Å². The minimum Gasteiger partial charge on any atom is -0.481 e. The predicted octanol–water partition coefficient (Wildman–Crippen LogP) is 2.99. The third-order valence-electron chi connectivity index (χ3n) is 2.42. The van der Waals surface area contributed by atoms with Gasteiger partial charge in [0.05, 0.1) is 0 Å². The lowest BCUT2D eigenvalue weighted by atomic mass is 10.2. The molecule has 0 heterocycles. The third-order valence-corrected chi connectivity index (χ3v) is 3.16. The number of aliphatic carboxylic acids is 1. The quantitative estimate of drug-likeness (QED) is 0.588. The van der Waals surface area contributed by atoms with Crippen LogP contribution in [-0.4, -0.2) is 23.2 Å². The number of carbonyl (C=O) groups is 2. The fourth-order valence-electron chi connectivity index (χ4n) is 1.46. The predicted molar refractivity (Wildman–Crippen MR) is 73.0 cm³/mol. The molecule has 1 rings (SSSR count). The molecule has 4 nitrogen and oxygen atoms in total. The van der Waals surface area contributed by atoms with Gasteiger partial charge in [0, 0.05) is 23.4 Å². The number of amides is 1. The van der Waals surface area contributed by atoms with E-state index in [1.165, 1.54) is 0 Å². The Morgan fingerprint density at radius 1 is 1.17 bits per heavy atom. The Labute approximate surface area is 111 Å². The van der Waals surface area contributed by atoms with Gasteiger partial charge in [-0.2, -0.15) is 0 Å². The van der Waals surface area contributed by atoms with Gasteiger partial charge in [0.2, 0.25) is 5.91 Å². The highest BCUT2D eigenvalue weighted by Gasteiger charge is 2.03. The van der Waals surface area contributed by atoms with Crippen LogP contribution in [0.2, 0.25) is 0 Å². The van der Waals surface area contributed by atoms with Crippen molar-refractivity contribution >= 4 is 29.3 Å². The summed E-state index contributed by atoms with van der Waals surface area (Å²) < 4.78 is 0. The van der Waals surface area contributed by atoms with Crippen LogP contribution in [0.3, 0.4) is 0 Å². The van der Waals surface area contributed by atoms with Crippen molar-refractivity contribution < 1.29 is 14.7 Å². The molecule has 0 spiro atoms. The molecule has 1 aromatic rings. The van der Waals surface area contributed by atoms with Crippen LogP contribution in [0.25, 0.3) is 0 Å². The fraction of sp³-hybridized carbons (Fsp3) is 0.385. The zero-order valence-corrected chi connectivity index (χ0v) is 11.1. The molecule has 0 fully saturated rings. The molecular formula is C13H17NO3S. The van der Waals surface area contributed by atoms with E-state index in [0.29, 0.717) is 19.3 Å². The van der Waals surface area contributed by atoms with Gasteiger partial charge in [0.15, 0.2) is 0 Å². The second kappa shape index (κ2) is 7.76. The van der Waals surface area contributed by atoms with Crippen LogP contribution >= 0.6 is 11.8 Å². The lowest BCUT2D eigenvalue weighted by molar-refractivity contribution is -0.137. The smallest absolute Gasteiger partial charge is 0.303 e. The molecule has 0 unspecified atom stereocenters. The van der Waals surface area contributed by atoms with Gasteiger partial charge in [-0.1, -0.05) is 0 Å². The van der Waals surface area contributed by atoms with Gasteiger partial charge >= 0.3 is 5.97 Å². The fourth-order valence-corrected chi connectivity index (χ4v) is 1.87. The zero-order chi connectivity index (χ0) is 13.4. The molecule has 98 valence electrons. The molecule has 0 saturated carbocycles. The van der Waals surface area contributed by atoms with Gasteiger partial charge in [-0.3, -0.25) is 9.59 Å². The van der Waals surface area contributed by atoms with Gasteiger partial charge in [-0.05, 0) is 43.4 Å². The number of anilines is 1. The Kier molecular flexibility index (Phi) is 6.28. The van der Waals surface area contributed by atoms with E-state index in [1.54, 1.807) is 11.8 Å². The minimum absolute atomic E-state index is 0.0720. The molecule has 1 aromatic carbocycles. The summed E-state index contributed by atoms with van der Waals surface area (Å²) in [7, 11) is 0. The number of carboxylic acid groups (broad SMARTS) is 1. The number of unbranched alkanes of at least 4 members (excludes halogenated alkanes) is 1. The van der Waals surface area contributed by atoms with Crippen molar-refractivity contribution in [2.24, 2.45) is 0 Å².